The van der Waals surface area contributed by atoms with Crippen molar-refractivity contribution in [3.63, 3.8) is 0 Å². The number of hydrogen-bond acceptors (Lipinski definition) is 1. The van der Waals surface area contributed by atoms with Gasteiger partial charge in [0.15, 0.2) is 5.78 Å². The predicted molar refractivity (Wildman–Crippen MR) is 92.8 cm³/mol. The van der Waals surface area contributed by atoms with Gasteiger partial charge in [0, 0.05) is 5.56 Å². The molecule has 0 N–H and O–H groups in total. The van der Waals surface area contributed by atoms with Gasteiger partial charge in [0.2, 0.25) is 0 Å². The van der Waals surface area contributed by atoms with E-state index in [-0.39, 0.29) is 5.78 Å². The van der Waals surface area contributed by atoms with E-state index in [0.29, 0.717) is 0 Å². The summed E-state index contributed by atoms with van der Waals surface area (Å²) in [6.45, 7) is 8.00. The van der Waals surface area contributed by atoms with Crippen LogP contribution in [0.25, 0.3) is 0 Å². The van der Waals surface area contributed by atoms with Crippen molar-refractivity contribution in [3.8, 4) is 0 Å². The minimum Gasteiger partial charge on any atom is -0.289 e. The van der Waals surface area contributed by atoms with Crippen molar-refractivity contribution in [1.82, 2.24) is 0 Å². The molecule has 0 heterocycles. The van der Waals surface area contributed by atoms with Crippen LogP contribution in [0.2, 0.25) is 0 Å². The average molecular weight is 282 g/mol. The highest BCUT2D eigenvalue weighted by molar-refractivity contribution is 6.04. The summed E-state index contributed by atoms with van der Waals surface area (Å²) in [5.41, 5.74) is 1.95. The molecule has 112 valence electrons. The first kappa shape index (κ1) is 18.9. The lowest BCUT2D eigenvalue weighted by Crippen LogP contribution is -1.93. The van der Waals surface area contributed by atoms with E-state index in [1.54, 1.807) is 6.08 Å². The molecule has 0 fully saturated rings. The molecule has 0 aliphatic heterocycles. The van der Waals surface area contributed by atoms with E-state index in [4.69, 9.17) is 0 Å². The fraction of sp³-hybridized carbons (Fsp3) is 0.250. The van der Waals surface area contributed by atoms with Gasteiger partial charge in [-0.1, -0.05) is 94.4 Å². The monoisotopic (exact) mass is 282 g/mol. The first-order valence-electron chi connectivity index (χ1n) is 7.66. The van der Waals surface area contributed by atoms with Gasteiger partial charge in [-0.3, -0.25) is 4.79 Å². The van der Waals surface area contributed by atoms with Gasteiger partial charge < -0.3 is 0 Å². The van der Waals surface area contributed by atoms with E-state index < -0.39 is 0 Å². The minimum absolute atomic E-state index is 0.0570. The third kappa shape index (κ3) is 7.88. The Bertz CT molecular complexity index is 498. The molecule has 0 amide bonds. The number of benzene rings is 2. The molecule has 21 heavy (non-hydrogen) atoms. The fourth-order valence-corrected chi connectivity index (χ4v) is 1.61. The molecular weight excluding hydrogens is 256 g/mol. The van der Waals surface area contributed by atoms with E-state index in [0.717, 1.165) is 12.0 Å². The summed E-state index contributed by atoms with van der Waals surface area (Å²) in [5.74, 6) is 0.0570. The zero-order valence-corrected chi connectivity index (χ0v) is 13.5. The highest BCUT2D eigenvalue weighted by atomic mass is 16.1. The second kappa shape index (κ2) is 12.9. The van der Waals surface area contributed by atoms with Crippen molar-refractivity contribution in [1.29, 1.82) is 0 Å². The summed E-state index contributed by atoms with van der Waals surface area (Å²) in [5, 5.41) is 0. The summed E-state index contributed by atoms with van der Waals surface area (Å²) in [7, 11) is 0. The van der Waals surface area contributed by atoms with Crippen LogP contribution in [0, 0.1) is 0 Å². The number of carbonyl (C=O) groups is 1. The van der Waals surface area contributed by atoms with Crippen LogP contribution in [-0.2, 0) is 6.42 Å². The van der Waals surface area contributed by atoms with Crippen molar-refractivity contribution in [2.45, 2.75) is 34.1 Å². The second-order valence-corrected chi connectivity index (χ2v) is 3.82. The van der Waals surface area contributed by atoms with E-state index in [1.165, 1.54) is 5.56 Å². The molecule has 1 heteroatoms. The topological polar surface area (TPSA) is 17.1 Å². The normalized spacial score (nSPS) is 9.14. The molecule has 0 saturated carbocycles. The highest BCUT2D eigenvalue weighted by Gasteiger charge is 1.98. The predicted octanol–water partition coefficient (Wildman–Crippen LogP) is 5.72. The standard InChI is InChI=1S/C16H14O.2C2H6/c17-16(15-11-5-2-6-12-15)13-7-10-14-8-3-1-4-9-14;2*1-2/h1-9,11-13H,10H2;2*1-2H3/b13-7+;;. The zero-order valence-electron chi connectivity index (χ0n) is 13.5. The molecule has 2 aromatic carbocycles. The van der Waals surface area contributed by atoms with Crippen LogP contribution in [0.15, 0.2) is 72.8 Å². The van der Waals surface area contributed by atoms with Crippen LogP contribution in [0.4, 0.5) is 0 Å². The van der Waals surface area contributed by atoms with Crippen LogP contribution < -0.4 is 0 Å². The van der Waals surface area contributed by atoms with Gasteiger partial charge in [0.05, 0.1) is 0 Å². The van der Waals surface area contributed by atoms with Crippen molar-refractivity contribution in [2.75, 3.05) is 0 Å². The number of hydrogen-bond donors (Lipinski definition) is 0. The van der Waals surface area contributed by atoms with E-state index in [9.17, 15) is 4.79 Å². The van der Waals surface area contributed by atoms with Crippen LogP contribution in [0.5, 0.6) is 0 Å². The molecule has 0 saturated heterocycles. The largest absolute Gasteiger partial charge is 0.289 e. The summed E-state index contributed by atoms with van der Waals surface area (Å²) in [4.78, 5) is 11.7. The van der Waals surface area contributed by atoms with E-state index in [2.05, 4.69) is 12.1 Å². The molecule has 0 atom stereocenters. The van der Waals surface area contributed by atoms with Crippen LogP contribution in [0.3, 0.4) is 0 Å². The molecule has 0 aromatic heterocycles. The smallest absolute Gasteiger partial charge is 0.185 e. The maximum absolute atomic E-state index is 11.7. The van der Waals surface area contributed by atoms with Gasteiger partial charge >= 0.3 is 0 Å². The Morgan fingerprint density at radius 1 is 0.810 bits per heavy atom. The first-order valence-corrected chi connectivity index (χ1v) is 7.66. The number of ketones is 1. The third-order valence-electron chi connectivity index (χ3n) is 2.52. The summed E-state index contributed by atoms with van der Waals surface area (Å²) in [6, 6.07) is 19.4. The molecular formula is C20H26O. The van der Waals surface area contributed by atoms with Crippen molar-refractivity contribution >= 4 is 5.78 Å². The average Bonchev–Trinajstić information content (AvgIpc) is 2.60. The van der Waals surface area contributed by atoms with Crippen LogP contribution in [-0.4, -0.2) is 5.78 Å². The van der Waals surface area contributed by atoms with E-state index >= 15 is 0 Å². The summed E-state index contributed by atoms with van der Waals surface area (Å²) >= 11 is 0. The van der Waals surface area contributed by atoms with Crippen molar-refractivity contribution < 1.29 is 4.79 Å². The second-order valence-electron chi connectivity index (χ2n) is 3.82. The highest BCUT2D eigenvalue weighted by Crippen LogP contribution is 2.03. The Morgan fingerprint density at radius 2 is 1.29 bits per heavy atom. The molecule has 1 nitrogen and oxygen atoms in total. The maximum atomic E-state index is 11.7. The molecule has 0 aliphatic rings. The SMILES string of the molecule is CC.CC.O=C(/C=C/Cc1ccccc1)c1ccccc1. The van der Waals surface area contributed by atoms with Gasteiger partial charge in [0.25, 0.3) is 0 Å². The Morgan fingerprint density at radius 3 is 1.81 bits per heavy atom. The molecule has 2 rings (SSSR count). The van der Waals surface area contributed by atoms with Gasteiger partial charge in [-0.2, -0.15) is 0 Å². The maximum Gasteiger partial charge on any atom is 0.185 e. The lowest BCUT2D eigenvalue weighted by Gasteiger charge is -1.95. The number of carbonyl (C=O) groups excluding carboxylic acids is 1. The third-order valence-corrected chi connectivity index (χ3v) is 2.52. The lowest BCUT2D eigenvalue weighted by atomic mass is 10.1. The molecule has 0 spiro atoms. The lowest BCUT2D eigenvalue weighted by molar-refractivity contribution is 0.104. The van der Waals surface area contributed by atoms with Crippen LogP contribution in [0.1, 0.15) is 43.6 Å². The summed E-state index contributed by atoms with van der Waals surface area (Å²) in [6.07, 6.45) is 4.34. The van der Waals surface area contributed by atoms with Gasteiger partial charge in [-0.05, 0) is 18.1 Å². The number of rotatable bonds is 4. The quantitative estimate of drug-likeness (QED) is 0.517. The Labute approximate surface area is 129 Å². The zero-order chi connectivity index (χ0) is 15.9. The Hall–Kier alpha value is -2.15. The number of allylic oxidation sites excluding steroid dienone is 2. The molecule has 0 bridgehead atoms. The molecule has 0 aliphatic carbocycles. The molecule has 0 radical (unpaired) electrons. The summed E-state index contributed by atoms with van der Waals surface area (Å²) < 4.78 is 0. The fourth-order valence-electron chi connectivity index (χ4n) is 1.61. The Balaban J connectivity index is 0.000000921. The van der Waals surface area contributed by atoms with Crippen molar-refractivity contribution in [3.05, 3.63) is 83.9 Å². The minimum atomic E-state index is 0.0570. The van der Waals surface area contributed by atoms with E-state index in [1.807, 2.05) is 82.3 Å². The molecule has 0 unspecified atom stereocenters. The Kier molecular flexibility index (Phi) is 11.5. The van der Waals surface area contributed by atoms with Crippen LogP contribution >= 0.6 is 0 Å². The van der Waals surface area contributed by atoms with Gasteiger partial charge in [-0.15, -0.1) is 0 Å². The van der Waals surface area contributed by atoms with Gasteiger partial charge in [-0.25, -0.2) is 0 Å². The first-order chi connectivity index (χ1) is 10.4. The van der Waals surface area contributed by atoms with Crippen molar-refractivity contribution in [2.24, 2.45) is 0 Å². The molecule has 2 aromatic rings. The van der Waals surface area contributed by atoms with Gasteiger partial charge in [0.1, 0.15) is 0 Å².